The molecule has 0 saturated carbocycles. The Morgan fingerprint density at radius 1 is 1.25 bits per heavy atom. The molecule has 0 amide bonds. The second-order valence-corrected chi connectivity index (χ2v) is 3.30. The van der Waals surface area contributed by atoms with Crippen molar-refractivity contribution in [3.8, 4) is 0 Å². The largest absolute Gasteiger partial charge is 0.366 e. The summed E-state index contributed by atoms with van der Waals surface area (Å²) in [6.07, 6.45) is -0.0848. The van der Waals surface area contributed by atoms with Gasteiger partial charge in [-0.2, -0.15) is 0 Å². The number of hydrogen-bond donors (Lipinski definition) is 3. The molecule has 2 saturated heterocycles. The van der Waals surface area contributed by atoms with Gasteiger partial charge in [0.05, 0.1) is 0 Å². The summed E-state index contributed by atoms with van der Waals surface area (Å²) in [4.78, 5) is 0. The zero-order valence-corrected chi connectivity index (χ0v) is 6.59. The molecule has 5 unspecified atom stereocenters. The van der Waals surface area contributed by atoms with Gasteiger partial charge < -0.3 is 25.4 Å². The minimum atomic E-state index is -0.676. The Bertz CT molecular complexity index is 177. The lowest BCUT2D eigenvalue weighted by atomic mass is 10.1. The third-order valence-electron chi connectivity index (χ3n) is 2.26. The van der Waals surface area contributed by atoms with E-state index in [1.165, 1.54) is 0 Å². The molecule has 2 fully saturated rings. The minimum Gasteiger partial charge on any atom is -0.366 e. The smallest absolute Gasteiger partial charge is 0.183 e. The van der Waals surface area contributed by atoms with Gasteiger partial charge in [-0.15, -0.1) is 0 Å². The summed E-state index contributed by atoms with van der Waals surface area (Å²) in [5, 5.41) is 17.6. The third-order valence-corrected chi connectivity index (χ3v) is 2.26. The van der Waals surface area contributed by atoms with Gasteiger partial charge in [0.1, 0.15) is 12.2 Å². The van der Waals surface area contributed by atoms with Crippen LogP contribution in [0.5, 0.6) is 0 Å². The predicted molar refractivity (Wildman–Crippen MR) is 39.0 cm³/mol. The van der Waals surface area contributed by atoms with Crippen LogP contribution in [-0.4, -0.2) is 41.0 Å². The number of epoxide rings is 2. The molecule has 0 spiro atoms. The van der Waals surface area contributed by atoms with Gasteiger partial charge in [0, 0.05) is 6.04 Å². The van der Waals surface area contributed by atoms with Gasteiger partial charge in [0.2, 0.25) is 0 Å². The average molecular weight is 175 g/mol. The molecule has 70 valence electrons. The molecule has 2 aliphatic rings. The van der Waals surface area contributed by atoms with Crippen molar-refractivity contribution in [2.24, 2.45) is 5.73 Å². The van der Waals surface area contributed by atoms with E-state index in [9.17, 15) is 0 Å². The van der Waals surface area contributed by atoms with Gasteiger partial charge in [-0.05, 0) is 12.8 Å². The highest BCUT2D eigenvalue weighted by Gasteiger charge is 2.43. The minimum absolute atomic E-state index is 0.0491. The first-order valence-electron chi connectivity index (χ1n) is 4.11. The maximum Gasteiger partial charge on any atom is 0.183 e. The van der Waals surface area contributed by atoms with E-state index in [0.717, 1.165) is 6.42 Å². The fraction of sp³-hybridized carbons (Fsp3) is 1.00. The molecule has 5 nitrogen and oxygen atoms in total. The Labute approximate surface area is 70.1 Å². The molecule has 5 atom stereocenters. The van der Waals surface area contributed by atoms with E-state index in [1.54, 1.807) is 0 Å². The highest BCUT2D eigenvalue weighted by Crippen LogP contribution is 2.28. The fourth-order valence-electron chi connectivity index (χ4n) is 1.29. The lowest BCUT2D eigenvalue weighted by Crippen LogP contribution is -2.28. The van der Waals surface area contributed by atoms with Crippen LogP contribution in [0.1, 0.15) is 12.8 Å². The quantitative estimate of drug-likeness (QED) is 0.454. The number of nitrogens with two attached hydrogens (primary N) is 1. The van der Waals surface area contributed by atoms with E-state index in [-0.39, 0.29) is 18.2 Å². The van der Waals surface area contributed by atoms with Crippen molar-refractivity contribution < 1.29 is 19.7 Å². The topological polar surface area (TPSA) is 91.5 Å². The summed E-state index contributed by atoms with van der Waals surface area (Å²) >= 11 is 0. The fourth-order valence-corrected chi connectivity index (χ4v) is 1.29. The summed E-state index contributed by atoms with van der Waals surface area (Å²) in [7, 11) is 0. The summed E-state index contributed by atoms with van der Waals surface area (Å²) < 4.78 is 9.58. The van der Waals surface area contributed by atoms with E-state index >= 15 is 0 Å². The van der Waals surface area contributed by atoms with Crippen LogP contribution in [0.25, 0.3) is 0 Å². The van der Waals surface area contributed by atoms with Gasteiger partial charge in [-0.25, -0.2) is 0 Å². The molecule has 12 heavy (non-hydrogen) atoms. The van der Waals surface area contributed by atoms with Crippen molar-refractivity contribution in [3.63, 3.8) is 0 Å². The molecule has 5 heteroatoms. The molecular formula is C7H13NO4. The summed E-state index contributed by atoms with van der Waals surface area (Å²) in [6, 6.07) is -0.142. The van der Waals surface area contributed by atoms with Gasteiger partial charge in [0.25, 0.3) is 0 Å². The van der Waals surface area contributed by atoms with Crippen LogP contribution in [0.4, 0.5) is 0 Å². The van der Waals surface area contributed by atoms with Crippen LogP contribution in [0.15, 0.2) is 0 Å². The monoisotopic (exact) mass is 175 g/mol. The SMILES string of the molecule is NC(CCC1OC1O)C1OC1O. The molecule has 2 aliphatic heterocycles. The first-order valence-corrected chi connectivity index (χ1v) is 4.11. The van der Waals surface area contributed by atoms with Crippen LogP contribution in [0.3, 0.4) is 0 Å². The Kier molecular flexibility index (Phi) is 2.05. The number of hydrogen-bond acceptors (Lipinski definition) is 5. The van der Waals surface area contributed by atoms with Crippen LogP contribution >= 0.6 is 0 Å². The number of aliphatic hydroxyl groups is 2. The molecular weight excluding hydrogens is 162 g/mol. The Hall–Kier alpha value is -0.200. The van der Waals surface area contributed by atoms with E-state index in [0.29, 0.717) is 6.42 Å². The molecule has 0 aliphatic carbocycles. The molecule has 0 radical (unpaired) electrons. The van der Waals surface area contributed by atoms with Crippen molar-refractivity contribution >= 4 is 0 Å². The van der Waals surface area contributed by atoms with Crippen LogP contribution < -0.4 is 5.73 Å². The van der Waals surface area contributed by atoms with Crippen LogP contribution in [0, 0.1) is 0 Å². The van der Waals surface area contributed by atoms with Crippen molar-refractivity contribution in [3.05, 3.63) is 0 Å². The second-order valence-electron chi connectivity index (χ2n) is 3.30. The summed E-state index contributed by atoms with van der Waals surface area (Å²) in [6.45, 7) is 0. The van der Waals surface area contributed by atoms with E-state index in [4.69, 9.17) is 25.4 Å². The first kappa shape index (κ1) is 8.40. The van der Waals surface area contributed by atoms with Crippen molar-refractivity contribution in [2.45, 2.75) is 43.7 Å². The Balaban J connectivity index is 1.60. The zero-order chi connectivity index (χ0) is 8.72. The van der Waals surface area contributed by atoms with E-state index < -0.39 is 12.6 Å². The maximum absolute atomic E-state index is 8.85. The first-order chi connectivity index (χ1) is 5.68. The van der Waals surface area contributed by atoms with Crippen molar-refractivity contribution in [1.82, 2.24) is 0 Å². The zero-order valence-electron chi connectivity index (χ0n) is 6.59. The number of aliphatic hydroxyl groups excluding tert-OH is 2. The molecule has 2 heterocycles. The molecule has 0 aromatic heterocycles. The number of ether oxygens (including phenoxy) is 2. The van der Waals surface area contributed by atoms with Crippen LogP contribution in [-0.2, 0) is 9.47 Å². The van der Waals surface area contributed by atoms with E-state index in [1.807, 2.05) is 0 Å². The molecule has 4 N–H and O–H groups in total. The lowest BCUT2D eigenvalue weighted by molar-refractivity contribution is 0.155. The normalized spacial score (nSPS) is 47.2. The Morgan fingerprint density at radius 3 is 2.25 bits per heavy atom. The van der Waals surface area contributed by atoms with Gasteiger partial charge in [-0.3, -0.25) is 0 Å². The van der Waals surface area contributed by atoms with Gasteiger partial charge in [-0.1, -0.05) is 0 Å². The molecule has 0 bridgehead atoms. The predicted octanol–water partition coefficient (Wildman–Crippen LogP) is -1.47. The number of rotatable bonds is 4. The van der Waals surface area contributed by atoms with E-state index in [2.05, 4.69) is 0 Å². The van der Waals surface area contributed by atoms with Gasteiger partial charge in [0.15, 0.2) is 12.6 Å². The Morgan fingerprint density at radius 2 is 1.83 bits per heavy atom. The van der Waals surface area contributed by atoms with Crippen molar-refractivity contribution in [2.75, 3.05) is 0 Å². The summed E-state index contributed by atoms with van der Waals surface area (Å²) in [5.74, 6) is 0. The third kappa shape index (κ3) is 1.75. The highest BCUT2D eigenvalue weighted by molar-refractivity contribution is 4.88. The van der Waals surface area contributed by atoms with Crippen LogP contribution in [0.2, 0.25) is 0 Å². The standard InChI is InChI=1S/C7H13NO4/c8-3(5-7(10)12-5)1-2-4-6(9)11-4/h3-7,9-10H,1-2,8H2. The molecule has 2 rings (SSSR count). The second kappa shape index (κ2) is 2.93. The van der Waals surface area contributed by atoms with Crippen molar-refractivity contribution in [1.29, 1.82) is 0 Å². The van der Waals surface area contributed by atoms with Gasteiger partial charge >= 0.3 is 0 Å². The highest BCUT2D eigenvalue weighted by atomic mass is 16.7. The lowest BCUT2D eigenvalue weighted by Gasteiger charge is -2.04. The summed E-state index contributed by atoms with van der Waals surface area (Å²) in [5.41, 5.74) is 5.67. The average Bonchev–Trinajstić information content (AvgIpc) is 2.87. The molecule has 0 aromatic carbocycles. The maximum atomic E-state index is 8.85. The molecule has 0 aromatic rings.